The second-order valence-electron chi connectivity index (χ2n) is 6.26. The van der Waals surface area contributed by atoms with Gasteiger partial charge in [-0.15, -0.1) is 0 Å². The van der Waals surface area contributed by atoms with Gasteiger partial charge < -0.3 is 19.9 Å². The molecule has 27 heavy (non-hydrogen) atoms. The summed E-state index contributed by atoms with van der Waals surface area (Å²) in [5.41, 5.74) is 2.56. The number of ether oxygens (including phenoxy) is 1. The van der Waals surface area contributed by atoms with Gasteiger partial charge in [0.05, 0.1) is 28.2 Å². The highest BCUT2D eigenvalue weighted by atomic mass is 79.9. The number of imidazole rings is 1. The average molecular weight is 431 g/mol. The van der Waals surface area contributed by atoms with E-state index in [0.29, 0.717) is 30.8 Å². The van der Waals surface area contributed by atoms with E-state index < -0.39 is 0 Å². The number of benzene rings is 1. The summed E-state index contributed by atoms with van der Waals surface area (Å²) >= 11 is 3.46. The maximum atomic E-state index is 5.70. The fraction of sp³-hybridized carbons (Fsp3) is 0.294. The molecule has 0 saturated carbocycles. The molecule has 2 N–H and O–H groups in total. The molecule has 3 heterocycles. The number of nitrogens with zero attached hydrogens (tertiary/aromatic N) is 6. The third-order valence-corrected chi connectivity index (χ3v) is 4.49. The first-order valence-electron chi connectivity index (χ1n) is 8.46. The fourth-order valence-electron chi connectivity index (χ4n) is 2.58. The number of hydrogen-bond donors (Lipinski definition) is 2. The molecule has 0 aliphatic heterocycles. The van der Waals surface area contributed by atoms with Crippen LogP contribution in [0.1, 0.15) is 5.82 Å². The molecule has 9 nitrogen and oxygen atoms in total. The van der Waals surface area contributed by atoms with E-state index in [0.717, 1.165) is 27.9 Å². The molecule has 140 valence electrons. The molecular formula is C17H19BrN8O. The van der Waals surface area contributed by atoms with Gasteiger partial charge in [0.15, 0.2) is 5.65 Å². The van der Waals surface area contributed by atoms with Crippen LogP contribution in [0.4, 0.5) is 5.95 Å². The Balaban J connectivity index is 1.57. The van der Waals surface area contributed by atoms with Crippen molar-refractivity contribution in [3.8, 4) is 6.01 Å². The molecule has 3 aromatic heterocycles. The van der Waals surface area contributed by atoms with Crippen molar-refractivity contribution in [1.82, 2.24) is 34.4 Å². The van der Waals surface area contributed by atoms with Crippen LogP contribution >= 0.6 is 15.9 Å². The molecule has 0 radical (unpaired) electrons. The maximum absolute atomic E-state index is 5.70. The zero-order valence-electron chi connectivity index (χ0n) is 15.0. The molecule has 4 aromatic rings. The summed E-state index contributed by atoms with van der Waals surface area (Å²) in [5.74, 6) is 1.34. The van der Waals surface area contributed by atoms with Crippen LogP contribution in [0, 0.1) is 0 Å². The van der Waals surface area contributed by atoms with Gasteiger partial charge in [-0.1, -0.05) is 12.1 Å². The van der Waals surface area contributed by atoms with Crippen LogP contribution in [0.25, 0.3) is 16.7 Å². The monoisotopic (exact) mass is 430 g/mol. The van der Waals surface area contributed by atoms with E-state index in [2.05, 4.69) is 46.3 Å². The minimum absolute atomic E-state index is 0.303. The maximum Gasteiger partial charge on any atom is 0.321 e. The Morgan fingerprint density at radius 1 is 1.22 bits per heavy atom. The first kappa shape index (κ1) is 17.7. The summed E-state index contributed by atoms with van der Waals surface area (Å²) in [6.45, 7) is 1.74. The molecule has 1 aromatic carbocycles. The Bertz CT molecular complexity index is 1040. The number of likely N-dealkylation sites (N-methyl/N-ethyl adjacent to an activating group) is 1. The van der Waals surface area contributed by atoms with E-state index in [-0.39, 0.29) is 0 Å². The normalized spacial score (nSPS) is 11.6. The van der Waals surface area contributed by atoms with Gasteiger partial charge in [-0.3, -0.25) is 0 Å². The first-order chi connectivity index (χ1) is 13.1. The topological polar surface area (TPSA) is 96.3 Å². The Kier molecular flexibility index (Phi) is 4.90. The number of aromatic amines is 1. The van der Waals surface area contributed by atoms with Gasteiger partial charge in [-0.05, 0) is 42.2 Å². The number of fused-ring (bicyclic) bond motifs is 2. The Hall–Kier alpha value is -2.72. The average Bonchev–Trinajstić information content (AvgIpc) is 3.23. The van der Waals surface area contributed by atoms with E-state index in [1.54, 1.807) is 10.7 Å². The van der Waals surface area contributed by atoms with Gasteiger partial charge in [0.1, 0.15) is 12.4 Å². The minimum atomic E-state index is 0.303. The van der Waals surface area contributed by atoms with Crippen molar-refractivity contribution < 1.29 is 4.74 Å². The lowest BCUT2D eigenvalue weighted by Crippen LogP contribution is -2.20. The molecule has 0 spiro atoms. The van der Waals surface area contributed by atoms with E-state index in [1.807, 2.05) is 43.3 Å². The summed E-state index contributed by atoms with van der Waals surface area (Å²) in [7, 11) is 3.97. The largest absolute Gasteiger partial charge is 0.462 e. The second kappa shape index (κ2) is 7.49. The quantitative estimate of drug-likeness (QED) is 0.464. The van der Waals surface area contributed by atoms with E-state index in [9.17, 15) is 0 Å². The predicted molar refractivity (Wildman–Crippen MR) is 106 cm³/mol. The molecule has 0 unspecified atom stereocenters. The zero-order chi connectivity index (χ0) is 18.8. The number of aromatic nitrogens is 6. The number of anilines is 1. The lowest BCUT2D eigenvalue weighted by Gasteiger charge is -2.11. The smallest absolute Gasteiger partial charge is 0.321 e. The highest BCUT2D eigenvalue weighted by molar-refractivity contribution is 9.10. The van der Waals surface area contributed by atoms with Crippen molar-refractivity contribution in [2.45, 2.75) is 6.54 Å². The summed E-state index contributed by atoms with van der Waals surface area (Å²) in [6, 6.07) is 8.21. The Morgan fingerprint density at radius 3 is 2.89 bits per heavy atom. The number of para-hydroxylation sites is 2. The van der Waals surface area contributed by atoms with Crippen LogP contribution in [0.15, 0.2) is 34.9 Å². The number of rotatable bonds is 7. The summed E-state index contributed by atoms with van der Waals surface area (Å²) in [4.78, 5) is 18.8. The van der Waals surface area contributed by atoms with E-state index >= 15 is 0 Å². The summed E-state index contributed by atoms with van der Waals surface area (Å²) in [6.07, 6.45) is 1.68. The number of hydrogen-bond acceptors (Lipinski definition) is 7. The summed E-state index contributed by atoms with van der Waals surface area (Å²) in [5, 5.41) is 7.57. The van der Waals surface area contributed by atoms with Crippen LogP contribution in [0.3, 0.4) is 0 Å². The van der Waals surface area contributed by atoms with Gasteiger partial charge >= 0.3 is 6.01 Å². The number of H-pyrrole nitrogens is 1. The Morgan fingerprint density at radius 2 is 2.07 bits per heavy atom. The van der Waals surface area contributed by atoms with Crippen LogP contribution in [-0.2, 0) is 6.54 Å². The third-order valence-electron chi connectivity index (χ3n) is 3.93. The Labute approximate surface area is 163 Å². The van der Waals surface area contributed by atoms with Crippen LogP contribution in [0.5, 0.6) is 6.01 Å². The molecule has 0 bridgehead atoms. The van der Waals surface area contributed by atoms with Crippen LogP contribution in [-0.4, -0.2) is 61.7 Å². The molecular weight excluding hydrogens is 412 g/mol. The highest BCUT2D eigenvalue weighted by Crippen LogP contribution is 2.21. The van der Waals surface area contributed by atoms with Gasteiger partial charge in [-0.2, -0.15) is 19.6 Å². The lowest BCUT2D eigenvalue weighted by atomic mass is 10.3. The van der Waals surface area contributed by atoms with Gasteiger partial charge in [-0.25, -0.2) is 4.98 Å². The van der Waals surface area contributed by atoms with Crippen molar-refractivity contribution in [3.05, 3.63) is 40.8 Å². The standard InChI is InChI=1S/C17H19BrN8O/c1-25(2)7-8-27-17-23-15-11(18)9-20-26(15)16(24-17)19-10-14-21-12-5-3-4-6-13(12)22-14/h3-6,9H,7-8,10H2,1-2H3,(H,21,22)(H,19,23,24). The van der Waals surface area contributed by atoms with E-state index in [4.69, 9.17) is 4.74 Å². The fourth-order valence-corrected chi connectivity index (χ4v) is 2.93. The number of nitrogens with one attached hydrogen (secondary N) is 2. The molecule has 4 rings (SSSR count). The van der Waals surface area contributed by atoms with Crippen molar-refractivity contribution >= 4 is 38.6 Å². The number of halogens is 1. The molecule has 0 fully saturated rings. The predicted octanol–water partition coefficient (Wildman–Crippen LogP) is 2.32. The molecule has 0 aliphatic rings. The molecule has 0 amide bonds. The van der Waals surface area contributed by atoms with Crippen molar-refractivity contribution in [1.29, 1.82) is 0 Å². The van der Waals surface area contributed by atoms with Crippen molar-refractivity contribution in [3.63, 3.8) is 0 Å². The van der Waals surface area contributed by atoms with E-state index in [1.165, 1.54) is 0 Å². The van der Waals surface area contributed by atoms with Crippen LogP contribution in [0.2, 0.25) is 0 Å². The third kappa shape index (κ3) is 3.86. The van der Waals surface area contributed by atoms with Gasteiger partial charge in [0, 0.05) is 6.54 Å². The van der Waals surface area contributed by atoms with Crippen LogP contribution < -0.4 is 10.1 Å². The SMILES string of the molecule is CN(C)CCOc1nc(NCc2nc3ccccc3[nH]2)n2ncc(Br)c2n1. The minimum Gasteiger partial charge on any atom is -0.462 e. The molecule has 0 atom stereocenters. The summed E-state index contributed by atoms with van der Waals surface area (Å²) < 4.78 is 8.10. The lowest BCUT2D eigenvalue weighted by molar-refractivity contribution is 0.245. The highest BCUT2D eigenvalue weighted by Gasteiger charge is 2.13. The van der Waals surface area contributed by atoms with Crippen molar-refractivity contribution in [2.75, 3.05) is 32.6 Å². The molecule has 10 heteroatoms. The van der Waals surface area contributed by atoms with Crippen molar-refractivity contribution in [2.24, 2.45) is 0 Å². The molecule has 0 aliphatic carbocycles. The molecule has 0 saturated heterocycles. The first-order valence-corrected chi connectivity index (χ1v) is 9.26. The zero-order valence-corrected chi connectivity index (χ0v) is 16.6. The van der Waals surface area contributed by atoms with Gasteiger partial charge in [0.2, 0.25) is 5.95 Å². The second-order valence-corrected chi connectivity index (χ2v) is 7.12. The van der Waals surface area contributed by atoms with Gasteiger partial charge in [0.25, 0.3) is 0 Å².